The highest BCUT2D eigenvalue weighted by molar-refractivity contribution is 5.98. The molecule has 19 heavy (non-hydrogen) atoms. The molecule has 0 fully saturated rings. The number of benzene rings is 2. The van der Waals surface area contributed by atoms with Crippen molar-refractivity contribution in [3.05, 3.63) is 59.7 Å². The van der Waals surface area contributed by atoms with Crippen molar-refractivity contribution in [2.45, 2.75) is 6.42 Å². The van der Waals surface area contributed by atoms with E-state index in [4.69, 9.17) is 5.73 Å². The molecule has 2 rings (SSSR count). The molecule has 4 heteroatoms. The molecular formula is C15H16N2O2. The topological polar surface area (TPSA) is 75.4 Å². The Bertz CT molecular complexity index is 568. The van der Waals surface area contributed by atoms with Gasteiger partial charge in [-0.25, -0.2) is 0 Å². The summed E-state index contributed by atoms with van der Waals surface area (Å²) in [6.45, 7) is 0.511. The van der Waals surface area contributed by atoms with Crippen LogP contribution in [0.5, 0.6) is 5.75 Å². The van der Waals surface area contributed by atoms with E-state index in [1.165, 1.54) is 0 Å². The van der Waals surface area contributed by atoms with E-state index in [0.29, 0.717) is 6.54 Å². The number of phenolic OH excluding ortho intramolecular Hbond substituents is 1. The van der Waals surface area contributed by atoms with Crippen molar-refractivity contribution in [2.24, 2.45) is 0 Å². The van der Waals surface area contributed by atoms with Crippen molar-refractivity contribution in [2.75, 3.05) is 12.3 Å². The SMILES string of the molecule is Nc1cccc(C(=O)NCCc2ccccc2)c1O. The Hall–Kier alpha value is -2.49. The van der Waals surface area contributed by atoms with Crippen LogP contribution in [0.15, 0.2) is 48.5 Å². The molecule has 0 unspecified atom stereocenters. The van der Waals surface area contributed by atoms with Gasteiger partial charge in [0.1, 0.15) is 0 Å². The molecule has 0 aliphatic heterocycles. The van der Waals surface area contributed by atoms with E-state index in [2.05, 4.69) is 5.32 Å². The highest BCUT2D eigenvalue weighted by Gasteiger charge is 2.11. The number of anilines is 1. The van der Waals surface area contributed by atoms with Crippen LogP contribution in [0.25, 0.3) is 0 Å². The lowest BCUT2D eigenvalue weighted by Gasteiger charge is -2.08. The summed E-state index contributed by atoms with van der Waals surface area (Å²) in [5, 5.41) is 12.5. The molecule has 2 aromatic rings. The predicted octanol–water partition coefficient (Wildman–Crippen LogP) is 1.95. The molecule has 0 atom stereocenters. The Morgan fingerprint density at radius 1 is 1.11 bits per heavy atom. The van der Waals surface area contributed by atoms with Crippen LogP contribution in [0.2, 0.25) is 0 Å². The lowest BCUT2D eigenvalue weighted by Crippen LogP contribution is -2.25. The Morgan fingerprint density at radius 2 is 1.84 bits per heavy atom. The van der Waals surface area contributed by atoms with Gasteiger partial charge in [0, 0.05) is 6.54 Å². The van der Waals surface area contributed by atoms with E-state index in [0.717, 1.165) is 12.0 Å². The molecule has 0 aromatic heterocycles. The van der Waals surface area contributed by atoms with E-state index in [1.807, 2.05) is 30.3 Å². The molecule has 0 saturated carbocycles. The van der Waals surface area contributed by atoms with E-state index in [9.17, 15) is 9.90 Å². The molecule has 98 valence electrons. The summed E-state index contributed by atoms with van der Waals surface area (Å²) in [6.07, 6.45) is 0.746. The standard InChI is InChI=1S/C15H16N2O2/c16-13-8-4-7-12(14(13)18)15(19)17-10-9-11-5-2-1-3-6-11/h1-8,18H,9-10,16H2,(H,17,19). The number of nitrogens with one attached hydrogen (secondary N) is 1. The Labute approximate surface area is 111 Å². The van der Waals surface area contributed by atoms with E-state index >= 15 is 0 Å². The molecule has 0 heterocycles. The molecule has 0 spiro atoms. The summed E-state index contributed by atoms with van der Waals surface area (Å²) >= 11 is 0. The van der Waals surface area contributed by atoms with Gasteiger partial charge >= 0.3 is 0 Å². The third-order valence-electron chi connectivity index (χ3n) is 2.85. The highest BCUT2D eigenvalue weighted by Crippen LogP contribution is 2.23. The maximum absolute atomic E-state index is 11.9. The number of aromatic hydroxyl groups is 1. The van der Waals surface area contributed by atoms with Gasteiger partial charge in [-0.3, -0.25) is 4.79 Å². The van der Waals surface area contributed by atoms with E-state index in [-0.39, 0.29) is 22.9 Å². The summed E-state index contributed by atoms with van der Waals surface area (Å²) in [6, 6.07) is 14.6. The summed E-state index contributed by atoms with van der Waals surface area (Å²) in [5.74, 6) is -0.486. The Morgan fingerprint density at radius 3 is 2.58 bits per heavy atom. The maximum Gasteiger partial charge on any atom is 0.255 e. The number of nitrogen functional groups attached to an aromatic ring is 1. The lowest BCUT2D eigenvalue weighted by molar-refractivity contribution is 0.0951. The first-order chi connectivity index (χ1) is 9.18. The smallest absolute Gasteiger partial charge is 0.255 e. The number of rotatable bonds is 4. The third-order valence-corrected chi connectivity index (χ3v) is 2.85. The molecule has 2 aromatic carbocycles. The van der Waals surface area contributed by atoms with Gasteiger partial charge in [0.25, 0.3) is 5.91 Å². The van der Waals surface area contributed by atoms with E-state index in [1.54, 1.807) is 18.2 Å². The fraction of sp³-hybridized carbons (Fsp3) is 0.133. The van der Waals surface area contributed by atoms with Gasteiger partial charge in [-0.2, -0.15) is 0 Å². The summed E-state index contributed by atoms with van der Waals surface area (Å²) in [4.78, 5) is 11.9. The van der Waals surface area contributed by atoms with E-state index < -0.39 is 0 Å². The van der Waals surface area contributed by atoms with Gasteiger partial charge in [-0.1, -0.05) is 36.4 Å². The first-order valence-corrected chi connectivity index (χ1v) is 6.08. The number of amides is 1. The number of carbonyl (C=O) groups is 1. The van der Waals surface area contributed by atoms with Crippen LogP contribution in [0.1, 0.15) is 15.9 Å². The van der Waals surface area contributed by atoms with Crippen LogP contribution in [-0.2, 0) is 6.42 Å². The molecule has 0 saturated heterocycles. The van der Waals surface area contributed by atoms with Crippen LogP contribution >= 0.6 is 0 Å². The third kappa shape index (κ3) is 3.25. The van der Waals surface area contributed by atoms with Crippen molar-refractivity contribution < 1.29 is 9.90 Å². The van der Waals surface area contributed by atoms with Gasteiger partial charge < -0.3 is 16.2 Å². The molecule has 0 radical (unpaired) electrons. The van der Waals surface area contributed by atoms with Gasteiger partial charge in [0.15, 0.2) is 5.75 Å². The average Bonchev–Trinajstić information content (AvgIpc) is 2.43. The molecule has 0 aliphatic carbocycles. The predicted molar refractivity (Wildman–Crippen MR) is 75.0 cm³/mol. The quantitative estimate of drug-likeness (QED) is 0.578. The van der Waals surface area contributed by atoms with Crippen LogP contribution in [0.3, 0.4) is 0 Å². The summed E-state index contributed by atoms with van der Waals surface area (Å²) in [5.41, 5.74) is 7.11. The van der Waals surface area contributed by atoms with Crippen LogP contribution in [0.4, 0.5) is 5.69 Å². The van der Waals surface area contributed by atoms with Gasteiger partial charge in [0.2, 0.25) is 0 Å². The zero-order valence-corrected chi connectivity index (χ0v) is 10.5. The van der Waals surface area contributed by atoms with Crippen LogP contribution in [-0.4, -0.2) is 17.6 Å². The lowest BCUT2D eigenvalue weighted by atomic mass is 10.1. The second-order valence-electron chi connectivity index (χ2n) is 4.23. The molecule has 0 bridgehead atoms. The Kier molecular flexibility index (Phi) is 4.03. The minimum Gasteiger partial charge on any atom is -0.505 e. The fourth-order valence-corrected chi connectivity index (χ4v) is 1.80. The fourth-order valence-electron chi connectivity index (χ4n) is 1.80. The zero-order valence-electron chi connectivity index (χ0n) is 10.5. The van der Waals surface area contributed by atoms with Crippen molar-refractivity contribution in [1.82, 2.24) is 5.32 Å². The molecule has 1 amide bonds. The minimum atomic E-state index is -0.319. The maximum atomic E-state index is 11.9. The van der Waals surface area contributed by atoms with Gasteiger partial charge in [-0.05, 0) is 24.1 Å². The second kappa shape index (κ2) is 5.91. The number of para-hydroxylation sites is 1. The van der Waals surface area contributed by atoms with Crippen molar-refractivity contribution in [3.8, 4) is 5.75 Å². The van der Waals surface area contributed by atoms with Gasteiger partial charge in [0.05, 0.1) is 11.3 Å². The van der Waals surface area contributed by atoms with Crippen LogP contribution in [0, 0.1) is 0 Å². The molecule has 4 N–H and O–H groups in total. The largest absolute Gasteiger partial charge is 0.505 e. The number of hydrogen-bond acceptors (Lipinski definition) is 3. The average molecular weight is 256 g/mol. The Balaban J connectivity index is 1.93. The van der Waals surface area contributed by atoms with Gasteiger partial charge in [-0.15, -0.1) is 0 Å². The number of carbonyl (C=O) groups excluding carboxylic acids is 1. The summed E-state index contributed by atoms with van der Waals surface area (Å²) in [7, 11) is 0. The van der Waals surface area contributed by atoms with Crippen molar-refractivity contribution in [1.29, 1.82) is 0 Å². The molecule has 0 aliphatic rings. The van der Waals surface area contributed by atoms with Crippen LogP contribution < -0.4 is 11.1 Å². The van der Waals surface area contributed by atoms with Crippen molar-refractivity contribution >= 4 is 11.6 Å². The molecular weight excluding hydrogens is 240 g/mol. The monoisotopic (exact) mass is 256 g/mol. The van der Waals surface area contributed by atoms with Crippen molar-refractivity contribution in [3.63, 3.8) is 0 Å². The normalized spacial score (nSPS) is 10.1. The highest BCUT2D eigenvalue weighted by atomic mass is 16.3. The number of phenols is 1. The number of nitrogens with two attached hydrogens (primary N) is 1. The first-order valence-electron chi connectivity index (χ1n) is 6.08. The zero-order chi connectivity index (χ0) is 13.7. The number of hydrogen-bond donors (Lipinski definition) is 3. The first kappa shape index (κ1) is 13.0. The minimum absolute atomic E-state index is 0.167. The molecule has 4 nitrogen and oxygen atoms in total. The summed E-state index contributed by atoms with van der Waals surface area (Å²) < 4.78 is 0. The second-order valence-corrected chi connectivity index (χ2v) is 4.23.